The Morgan fingerprint density at radius 1 is 1.35 bits per heavy atom. The molecule has 7 heteroatoms. The van der Waals surface area contributed by atoms with Crippen LogP contribution in [0.25, 0.3) is 0 Å². The summed E-state index contributed by atoms with van der Waals surface area (Å²) >= 11 is 0. The molecule has 0 spiro atoms. The van der Waals surface area contributed by atoms with E-state index in [2.05, 4.69) is 11.8 Å². The molecule has 1 aliphatic rings. The van der Waals surface area contributed by atoms with E-state index in [1.165, 1.54) is 6.07 Å². The second kappa shape index (κ2) is 6.59. The van der Waals surface area contributed by atoms with Gasteiger partial charge in [-0.15, -0.1) is 0 Å². The van der Waals surface area contributed by atoms with Gasteiger partial charge >= 0.3 is 0 Å². The largest absolute Gasteiger partial charge is 0.337 e. The summed E-state index contributed by atoms with van der Waals surface area (Å²) < 4.78 is 22.9. The van der Waals surface area contributed by atoms with Crippen LogP contribution in [0.2, 0.25) is 0 Å². The van der Waals surface area contributed by atoms with Gasteiger partial charge in [-0.3, -0.25) is 4.79 Å². The summed E-state index contributed by atoms with van der Waals surface area (Å²) in [7, 11) is 0.309. The van der Waals surface area contributed by atoms with Crippen molar-refractivity contribution in [3.63, 3.8) is 0 Å². The zero-order chi connectivity index (χ0) is 17.4. The van der Waals surface area contributed by atoms with Gasteiger partial charge in [0.1, 0.15) is 0 Å². The molecule has 0 saturated carbocycles. The number of aryl methyl sites for hydroxylation is 1. The number of sulfonamides is 1. The molecule has 2 atom stereocenters. The van der Waals surface area contributed by atoms with Crippen molar-refractivity contribution >= 4 is 15.9 Å². The standard InChI is InChI=1S/C16H25N3O3S/c1-5-12-9-19(10-14(12)18(3)4)16(20)13-6-7-15(11(2)8-13)23(17,21)22/h6-8,12,14H,5,9-10H2,1-4H3,(H2,17,21,22). The highest BCUT2D eigenvalue weighted by molar-refractivity contribution is 7.89. The van der Waals surface area contributed by atoms with Gasteiger partial charge in [0.15, 0.2) is 0 Å². The molecular weight excluding hydrogens is 314 g/mol. The van der Waals surface area contributed by atoms with Crippen LogP contribution in [0.1, 0.15) is 29.3 Å². The van der Waals surface area contributed by atoms with Crippen LogP contribution < -0.4 is 5.14 Å². The molecule has 1 saturated heterocycles. The Kier molecular flexibility index (Phi) is 5.13. The molecule has 1 aromatic rings. The number of likely N-dealkylation sites (N-methyl/N-ethyl adjacent to an activating group) is 1. The summed E-state index contributed by atoms with van der Waals surface area (Å²) in [6.07, 6.45) is 1.02. The Hall–Kier alpha value is -1.44. The minimum atomic E-state index is -3.76. The quantitative estimate of drug-likeness (QED) is 0.889. The number of hydrogen-bond acceptors (Lipinski definition) is 4. The average Bonchev–Trinajstić information content (AvgIpc) is 2.89. The predicted octanol–water partition coefficient (Wildman–Crippen LogP) is 1.05. The van der Waals surface area contributed by atoms with Gasteiger partial charge in [-0.2, -0.15) is 0 Å². The molecule has 128 valence electrons. The number of nitrogens with two attached hydrogens (primary N) is 1. The lowest BCUT2D eigenvalue weighted by Crippen LogP contribution is -2.36. The molecule has 0 aromatic heterocycles. The van der Waals surface area contributed by atoms with E-state index < -0.39 is 10.0 Å². The highest BCUT2D eigenvalue weighted by atomic mass is 32.2. The van der Waals surface area contributed by atoms with E-state index in [9.17, 15) is 13.2 Å². The third-order valence-corrected chi connectivity index (χ3v) is 5.68. The minimum absolute atomic E-state index is 0.0585. The fraction of sp³-hybridized carbons (Fsp3) is 0.562. The Labute approximate surface area is 138 Å². The number of benzene rings is 1. The Balaban J connectivity index is 2.23. The smallest absolute Gasteiger partial charge is 0.253 e. The van der Waals surface area contributed by atoms with Crippen molar-refractivity contribution in [3.05, 3.63) is 29.3 Å². The van der Waals surface area contributed by atoms with Crippen molar-refractivity contribution in [2.24, 2.45) is 11.1 Å². The lowest BCUT2D eigenvalue weighted by atomic mass is 10.0. The summed E-state index contributed by atoms with van der Waals surface area (Å²) in [5, 5.41) is 5.16. The Morgan fingerprint density at radius 3 is 2.43 bits per heavy atom. The van der Waals surface area contributed by atoms with Crippen molar-refractivity contribution in [3.8, 4) is 0 Å². The van der Waals surface area contributed by atoms with Gasteiger partial charge in [0.2, 0.25) is 10.0 Å². The minimum Gasteiger partial charge on any atom is -0.337 e. The molecule has 1 aliphatic heterocycles. The average molecular weight is 339 g/mol. The molecule has 0 aliphatic carbocycles. The normalized spacial score (nSPS) is 21.9. The van der Waals surface area contributed by atoms with Crippen LogP contribution in [0.15, 0.2) is 23.1 Å². The second-order valence-electron chi connectivity index (χ2n) is 6.43. The number of carbonyl (C=O) groups excluding carboxylic acids is 1. The molecule has 0 bridgehead atoms. The van der Waals surface area contributed by atoms with Crippen LogP contribution in [0.5, 0.6) is 0 Å². The lowest BCUT2D eigenvalue weighted by molar-refractivity contribution is 0.0781. The van der Waals surface area contributed by atoms with E-state index in [1.54, 1.807) is 19.1 Å². The number of rotatable bonds is 4. The van der Waals surface area contributed by atoms with Crippen molar-refractivity contribution in [2.45, 2.75) is 31.2 Å². The second-order valence-corrected chi connectivity index (χ2v) is 7.96. The van der Waals surface area contributed by atoms with Gasteiger partial charge in [-0.05, 0) is 50.7 Å². The summed E-state index contributed by atoms with van der Waals surface area (Å²) in [4.78, 5) is 16.8. The van der Waals surface area contributed by atoms with E-state index in [-0.39, 0.29) is 10.8 Å². The number of amides is 1. The third kappa shape index (κ3) is 3.73. The maximum Gasteiger partial charge on any atom is 0.253 e. The maximum absolute atomic E-state index is 12.7. The lowest BCUT2D eigenvalue weighted by Gasteiger charge is -2.23. The Bertz CT molecular complexity index is 701. The predicted molar refractivity (Wildman–Crippen MR) is 89.7 cm³/mol. The van der Waals surface area contributed by atoms with Crippen LogP contribution in [-0.2, 0) is 10.0 Å². The van der Waals surface area contributed by atoms with E-state index >= 15 is 0 Å². The molecule has 2 N–H and O–H groups in total. The molecule has 1 fully saturated rings. The maximum atomic E-state index is 12.7. The zero-order valence-electron chi connectivity index (χ0n) is 14.1. The molecule has 0 radical (unpaired) electrons. The van der Waals surface area contributed by atoms with Gasteiger partial charge < -0.3 is 9.80 Å². The Morgan fingerprint density at radius 2 is 2.00 bits per heavy atom. The number of likely N-dealkylation sites (tertiary alicyclic amines) is 1. The highest BCUT2D eigenvalue weighted by Crippen LogP contribution is 2.25. The van der Waals surface area contributed by atoms with E-state index in [4.69, 9.17) is 5.14 Å². The van der Waals surface area contributed by atoms with Crippen molar-refractivity contribution in [1.29, 1.82) is 0 Å². The fourth-order valence-corrected chi connectivity index (χ4v) is 4.06. The SMILES string of the molecule is CCC1CN(C(=O)c2ccc(S(N)(=O)=O)c(C)c2)CC1N(C)C. The molecular formula is C16H25N3O3S. The third-order valence-electron chi connectivity index (χ3n) is 4.61. The number of nitrogens with zero attached hydrogens (tertiary/aromatic N) is 2. The van der Waals surface area contributed by atoms with Crippen molar-refractivity contribution in [1.82, 2.24) is 9.80 Å². The summed E-state index contributed by atoms with van der Waals surface area (Å²) in [6, 6.07) is 4.91. The van der Waals surface area contributed by atoms with Gasteiger partial charge in [0.05, 0.1) is 4.90 Å². The highest BCUT2D eigenvalue weighted by Gasteiger charge is 2.35. The number of hydrogen-bond donors (Lipinski definition) is 1. The van der Waals surface area contributed by atoms with Gasteiger partial charge in [0.25, 0.3) is 5.91 Å². The van der Waals surface area contributed by atoms with Crippen molar-refractivity contribution in [2.75, 3.05) is 27.2 Å². The number of carbonyl (C=O) groups is 1. The van der Waals surface area contributed by atoms with Gasteiger partial charge in [-0.1, -0.05) is 13.3 Å². The van der Waals surface area contributed by atoms with Crippen LogP contribution in [0.4, 0.5) is 0 Å². The fourth-order valence-electron chi connectivity index (χ4n) is 3.29. The number of primary sulfonamides is 1. The summed E-state index contributed by atoms with van der Waals surface area (Å²) in [6.45, 7) is 5.21. The molecule has 1 aromatic carbocycles. The zero-order valence-corrected chi connectivity index (χ0v) is 14.9. The molecule has 23 heavy (non-hydrogen) atoms. The van der Waals surface area contributed by atoms with Gasteiger partial charge in [-0.25, -0.2) is 13.6 Å². The first-order chi connectivity index (χ1) is 10.6. The first-order valence-corrected chi connectivity index (χ1v) is 9.29. The van der Waals surface area contributed by atoms with Crippen LogP contribution in [0, 0.1) is 12.8 Å². The first kappa shape index (κ1) is 17.9. The molecule has 2 rings (SSSR count). The monoisotopic (exact) mass is 339 g/mol. The van der Waals surface area contributed by atoms with Crippen LogP contribution in [-0.4, -0.2) is 57.4 Å². The van der Waals surface area contributed by atoms with E-state index in [1.807, 2.05) is 19.0 Å². The molecule has 1 heterocycles. The van der Waals surface area contributed by atoms with Gasteiger partial charge in [0, 0.05) is 24.7 Å². The topological polar surface area (TPSA) is 83.7 Å². The summed E-state index contributed by atoms with van der Waals surface area (Å²) in [5.74, 6) is 0.399. The molecule has 6 nitrogen and oxygen atoms in total. The van der Waals surface area contributed by atoms with E-state index in [0.717, 1.165) is 13.0 Å². The molecule has 2 unspecified atom stereocenters. The van der Waals surface area contributed by atoms with Crippen LogP contribution >= 0.6 is 0 Å². The van der Waals surface area contributed by atoms with E-state index in [0.29, 0.717) is 29.6 Å². The first-order valence-electron chi connectivity index (χ1n) is 7.74. The van der Waals surface area contributed by atoms with Crippen LogP contribution in [0.3, 0.4) is 0 Å². The van der Waals surface area contributed by atoms with Crippen molar-refractivity contribution < 1.29 is 13.2 Å². The summed E-state index contributed by atoms with van der Waals surface area (Å²) in [5.41, 5.74) is 0.998. The molecule has 1 amide bonds.